The van der Waals surface area contributed by atoms with Gasteiger partial charge in [-0.3, -0.25) is 4.98 Å². The maximum atomic E-state index is 6.25. The van der Waals surface area contributed by atoms with Gasteiger partial charge in [-0.25, -0.2) is 4.98 Å². The van der Waals surface area contributed by atoms with Crippen LogP contribution >= 0.6 is 22.7 Å². The molecule has 3 heterocycles. The zero-order chi connectivity index (χ0) is 11.0. The molecule has 6 heteroatoms. The summed E-state index contributed by atoms with van der Waals surface area (Å²) in [6, 6.07) is 0. The molecule has 0 saturated carbocycles. The fraction of sp³-hybridized carbons (Fsp3) is 0.400. The lowest BCUT2D eigenvalue weighted by Gasteiger charge is -2.18. The number of thiazole rings is 2. The number of nitrogens with zero attached hydrogens (tertiary/aromatic N) is 2. The summed E-state index contributed by atoms with van der Waals surface area (Å²) in [6.45, 7) is 1.29. The summed E-state index contributed by atoms with van der Waals surface area (Å²) >= 11 is 3.21. The van der Waals surface area contributed by atoms with Crippen molar-refractivity contribution >= 4 is 22.7 Å². The molecule has 3 rings (SSSR count). The molecule has 1 aliphatic heterocycles. The van der Waals surface area contributed by atoms with E-state index in [0.29, 0.717) is 6.61 Å². The zero-order valence-electron chi connectivity index (χ0n) is 8.55. The lowest BCUT2D eigenvalue weighted by Crippen LogP contribution is -2.37. The smallest absolute Gasteiger partial charge is 0.135 e. The molecule has 4 nitrogen and oxygen atoms in total. The van der Waals surface area contributed by atoms with Gasteiger partial charge in [0.25, 0.3) is 0 Å². The summed E-state index contributed by atoms with van der Waals surface area (Å²) in [6.07, 6.45) is 2.68. The number of rotatable bonds is 2. The Labute approximate surface area is 101 Å². The second-order valence-corrected chi connectivity index (χ2v) is 5.61. The van der Waals surface area contributed by atoms with Crippen molar-refractivity contribution in [1.82, 2.24) is 9.97 Å². The number of ether oxygens (including phenoxy) is 1. The SMILES string of the molecule is NC1(c2csc(-c3cncs3)n2)CCOC1. The van der Waals surface area contributed by atoms with Crippen LogP contribution in [0, 0.1) is 0 Å². The van der Waals surface area contributed by atoms with Crippen LogP contribution in [0.1, 0.15) is 12.1 Å². The van der Waals surface area contributed by atoms with Gasteiger partial charge in [-0.05, 0) is 6.42 Å². The van der Waals surface area contributed by atoms with Crippen LogP contribution in [-0.2, 0) is 10.3 Å². The summed E-state index contributed by atoms with van der Waals surface area (Å²) < 4.78 is 5.34. The van der Waals surface area contributed by atoms with Crippen molar-refractivity contribution in [2.75, 3.05) is 13.2 Å². The van der Waals surface area contributed by atoms with Crippen LogP contribution in [0.2, 0.25) is 0 Å². The second kappa shape index (κ2) is 3.89. The van der Waals surface area contributed by atoms with E-state index < -0.39 is 0 Å². The van der Waals surface area contributed by atoms with Crippen molar-refractivity contribution in [2.24, 2.45) is 5.73 Å². The maximum absolute atomic E-state index is 6.25. The van der Waals surface area contributed by atoms with E-state index in [-0.39, 0.29) is 5.54 Å². The van der Waals surface area contributed by atoms with E-state index in [1.54, 1.807) is 22.7 Å². The summed E-state index contributed by atoms with van der Waals surface area (Å²) in [5, 5.41) is 3.03. The molecule has 1 saturated heterocycles. The highest BCUT2D eigenvalue weighted by atomic mass is 32.1. The molecular formula is C10H11N3OS2. The molecule has 1 unspecified atom stereocenters. The van der Waals surface area contributed by atoms with Crippen molar-refractivity contribution in [2.45, 2.75) is 12.0 Å². The Morgan fingerprint density at radius 2 is 2.38 bits per heavy atom. The van der Waals surface area contributed by atoms with Crippen LogP contribution in [-0.4, -0.2) is 23.2 Å². The van der Waals surface area contributed by atoms with Gasteiger partial charge < -0.3 is 10.5 Å². The quantitative estimate of drug-likeness (QED) is 0.887. The molecule has 0 radical (unpaired) electrons. The van der Waals surface area contributed by atoms with Crippen LogP contribution in [0.3, 0.4) is 0 Å². The molecule has 2 N–H and O–H groups in total. The zero-order valence-corrected chi connectivity index (χ0v) is 10.2. The highest BCUT2D eigenvalue weighted by Crippen LogP contribution is 2.33. The van der Waals surface area contributed by atoms with Crippen molar-refractivity contribution in [3.05, 3.63) is 22.8 Å². The Balaban J connectivity index is 1.93. The molecule has 0 aliphatic carbocycles. The summed E-state index contributed by atoms with van der Waals surface area (Å²) in [4.78, 5) is 9.74. The highest BCUT2D eigenvalue weighted by Gasteiger charge is 2.34. The molecule has 1 aliphatic rings. The molecule has 0 bridgehead atoms. The van der Waals surface area contributed by atoms with Gasteiger partial charge in [0.05, 0.1) is 28.2 Å². The van der Waals surface area contributed by atoms with Crippen LogP contribution < -0.4 is 5.73 Å². The lowest BCUT2D eigenvalue weighted by atomic mass is 9.97. The average molecular weight is 253 g/mol. The van der Waals surface area contributed by atoms with Gasteiger partial charge in [-0.15, -0.1) is 22.7 Å². The predicted octanol–water partition coefficient (Wildman–Crippen LogP) is 1.84. The Hall–Kier alpha value is -0.820. The fourth-order valence-electron chi connectivity index (χ4n) is 1.72. The number of nitrogens with two attached hydrogens (primary N) is 1. The molecule has 1 atom stereocenters. The predicted molar refractivity (Wildman–Crippen MR) is 64.5 cm³/mol. The monoisotopic (exact) mass is 253 g/mol. The Morgan fingerprint density at radius 3 is 3.06 bits per heavy atom. The minimum absolute atomic E-state index is 0.389. The van der Waals surface area contributed by atoms with Gasteiger partial charge in [-0.1, -0.05) is 0 Å². The highest BCUT2D eigenvalue weighted by molar-refractivity contribution is 7.19. The molecule has 2 aromatic heterocycles. The number of aromatic nitrogens is 2. The van der Waals surface area contributed by atoms with E-state index in [1.807, 2.05) is 17.1 Å². The Kier molecular flexibility index (Phi) is 2.51. The lowest BCUT2D eigenvalue weighted by molar-refractivity contribution is 0.177. The maximum Gasteiger partial charge on any atom is 0.135 e. The minimum Gasteiger partial charge on any atom is -0.379 e. The van der Waals surface area contributed by atoms with E-state index >= 15 is 0 Å². The van der Waals surface area contributed by atoms with Gasteiger partial charge >= 0.3 is 0 Å². The summed E-state index contributed by atoms with van der Waals surface area (Å²) in [5.74, 6) is 0. The van der Waals surface area contributed by atoms with Crippen molar-refractivity contribution < 1.29 is 4.74 Å². The first kappa shape index (κ1) is 10.3. The van der Waals surface area contributed by atoms with Gasteiger partial charge in [0.1, 0.15) is 5.01 Å². The van der Waals surface area contributed by atoms with Crippen LogP contribution in [0.4, 0.5) is 0 Å². The minimum atomic E-state index is -0.389. The van der Waals surface area contributed by atoms with Crippen LogP contribution in [0.25, 0.3) is 9.88 Å². The van der Waals surface area contributed by atoms with E-state index in [0.717, 1.165) is 28.6 Å². The van der Waals surface area contributed by atoms with Crippen LogP contribution in [0.5, 0.6) is 0 Å². The van der Waals surface area contributed by atoms with Gasteiger partial charge in [0, 0.05) is 18.2 Å². The number of hydrogen-bond donors (Lipinski definition) is 1. The topological polar surface area (TPSA) is 61.0 Å². The molecule has 16 heavy (non-hydrogen) atoms. The largest absolute Gasteiger partial charge is 0.379 e. The van der Waals surface area contributed by atoms with Crippen molar-refractivity contribution in [1.29, 1.82) is 0 Å². The number of hydrogen-bond acceptors (Lipinski definition) is 6. The van der Waals surface area contributed by atoms with E-state index in [2.05, 4.69) is 9.97 Å². The summed E-state index contributed by atoms with van der Waals surface area (Å²) in [7, 11) is 0. The van der Waals surface area contributed by atoms with Gasteiger partial charge in [0.2, 0.25) is 0 Å². The van der Waals surface area contributed by atoms with Gasteiger partial charge in [-0.2, -0.15) is 0 Å². The molecule has 84 valence electrons. The standard InChI is InChI=1S/C10H11N3OS2/c11-10(1-2-14-5-10)8-4-15-9(13-8)7-3-12-6-16-7/h3-4,6H,1-2,5,11H2. The molecule has 1 fully saturated rings. The van der Waals surface area contributed by atoms with Crippen molar-refractivity contribution in [3.8, 4) is 9.88 Å². The van der Waals surface area contributed by atoms with Crippen molar-refractivity contribution in [3.63, 3.8) is 0 Å². The molecular weight excluding hydrogens is 242 g/mol. The Morgan fingerprint density at radius 1 is 1.44 bits per heavy atom. The molecule has 0 spiro atoms. The third-order valence-electron chi connectivity index (χ3n) is 2.71. The Bertz CT molecular complexity index is 474. The van der Waals surface area contributed by atoms with E-state index in [1.165, 1.54) is 0 Å². The second-order valence-electron chi connectivity index (χ2n) is 3.86. The molecule has 2 aromatic rings. The van der Waals surface area contributed by atoms with E-state index in [9.17, 15) is 0 Å². The first-order chi connectivity index (χ1) is 7.78. The molecule has 0 amide bonds. The first-order valence-corrected chi connectivity index (χ1v) is 6.75. The first-order valence-electron chi connectivity index (χ1n) is 4.99. The third-order valence-corrected chi connectivity index (χ3v) is 4.49. The van der Waals surface area contributed by atoms with E-state index in [4.69, 9.17) is 10.5 Å². The normalized spacial score (nSPS) is 25.1. The average Bonchev–Trinajstić information content (AvgIpc) is 2.98. The van der Waals surface area contributed by atoms with Crippen LogP contribution in [0.15, 0.2) is 17.1 Å². The summed E-state index contributed by atoms with van der Waals surface area (Å²) in [5.41, 5.74) is 8.62. The fourth-order valence-corrected chi connectivity index (χ4v) is 3.34. The van der Waals surface area contributed by atoms with Gasteiger partial charge in [0.15, 0.2) is 0 Å². The third kappa shape index (κ3) is 1.67. The molecule has 0 aromatic carbocycles.